The minimum absolute atomic E-state index is 0.308. The van der Waals surface area contributed by atoms with Gasteiger partial charge in [-0.25, -0.2) is 4.98 Å². The van der Waals surface area contributed by atoms with Crippen LogP contribution in [0.15, 0.2) is 18.3 Å². The number of hydrogen-bond acceptors (Lipinski definition) is 5. The Bertz CT molecular complexity index is 263. The van der Waals surface area contributed by atoms with Crippen molar-refractivity contribution in [3.63, 3.8) is 0 Å². The van der Waals surface area contributed by atoms with Gasteiger partial charge in [0.2, 0.25) is 0 Å². The molecule has 14 heavy (non-hydrogen) atoms. The number of ether oxygens (including phenoxy) is 1. The average Bonchev–Trinajstić information content (AvgIpc) is 2.17. The molecule has 0 aromatic carbocycles. The second kappa shape index (κ2) is 5.41. The van der Waals surface area contributed by atoms with Gasteiger partial charge < -0.3 is 20.9 Å². The number of aliphatic hydroxyl groups excluding tert-OH is 1. The van der Waals surface area contributed by atoms with Gasteiger partial charge in [-0.15, -0.1) is 0 Å². The third kappa shape index (κ3) is 3.59. The topological polar surface area (TPSA) is 80.4 Å². The van der Waals surface area contributed by atoms with Gasteiger partial charge in [0.25, 0.3) is 0 Å². The molecule has 0 bridgehead atoms. The summed E-state index contributed by atoms with van der Waals surface area (Å²) >= 11 is 0. The lowest BCUT2D eigenvalue weighted by atomic mass is 10.3. The van der Waals surface area contributed by atoms with E-state index in [4.69, 9.17) is 10.5 Å². The summed E-state index contributed by atoms with van der Waals surface area (Å²) in [5, 5.41) is 12.3. The van der Waals surface area contributed by atoms with Crippen LogP contribution in [0.5, 0.6) is 0 Å². The van der Waals surface area contributed by atoms with Gasteiger partial charge in [0.1, 0.15) is 5.82 Å². The van der Waals surface area contributed by atoms with Crippen molar-refractivity contribution in [2.75, 3.05) is 31.3 Å². The molecule has 1 aromatic rings. The molecule has 1 rings (SSSR count). The van der Waals surface area contributed by atoms with E-state index in [1.54, 1.807) is 25.4 Å². The molecule has 5 nitrogen and oxygen atoms in total. The molecule has 0 saturated heterocycles. The van der Waals surface area contributed by atoms with Crippen LogP contribution in [0, 0.1) is 0 Å². The Kier molecular flexibility index (Phi) is 4.15. The normalized spacial score (nSPS) is 12.4. The lowest BCUT2D eigenvalue weighted by molar-refractivity contribution is 0.0727. The fraction of sp³-hybridized carbons (Fsp3) is 0.444. The van der Waals surface area contributed by atoms with E-state index >= 15 is 0 Å². The zero-order chi connectivity index (χ0) is 10.4. The van der Waals surface area contributed by atoms with Crippen molar-refractivity contribution in [3.8, 4) is 0 Å². The van der Waals surface area contributed by atoms with Crippen LogP contribution in [-0.2, 0) is 4.74 Å². The maximum atomic E-state index is 9.33. The summed E-state index contributed by atoms with van der Waals surface area (Å²) in [4.78, 5) is 4.02. The first-order chi connectivity index (χ1) is 6.72. The molecule has 1 unspecified atom stereocenters. The van der Waals surface area contributed by atoms with Crippen molar-refractivity contribution in [2.24, 2.45) is 0 Å². The third-order valence-electron chi connectivity index (χ3n) is 1.66. The predicted octanol–water partition coefficient (Wildman–Crippen LogP) is 0.0830. The SMILES string of the molecule is COCC(O)CNc1ccc(N)cn1. The Balaban J connectivity index is 2.34. The average molecular weight is 197 g/mol. The molecule has 0 saturated carbocycles. The summed E-state index contributed by atoms with van der Waals surface area (Å²) in [6.45, 7) is 0.715. The summed E-state index contributed by atoms with van der Waals surface area (Å²) in [5.74, 6) is 0.689. The first kappa shape index (κ1) is 10.7. The van der Waals surface area contributed by atoms with Gasteiger partial charge in [-0.1, -0.05) is 0 Å². The standard InChI is InChI=1S/C9H15N3O2/c1-14-6-8(13)5-12-9-3-2-7(10)4-11-9/h2-4,8,13H,5-6,10H2,1H3,(H,11,12). The van der Waals surface area contributed by atoms with Gasteiger partial charge in [-0.2, -0.15) is 0 Å². The highest BCUT2D eigenvalue weighted by Gasteiger charge is 2.02. The molecule has 1 aromatic heterocycles. The van der Waals surface area contributed by atoms with Gasteiger partial charge in [-0.05, 0) is 12.1 Å². The Morgan fingerprint density at radius 2 is 2.43 bits per heavy atom. The highest BCUT2D eigenvalue weighted by molar-refractivity contribution is 5.43. The van der Waals surface area contributed by atoms with Crippen molar-refractivity contribution in [1.29, 1.82) is 0 Å². The molecule has 0 radical (unpaired) electrons. The number of hydrogen-bond donors (Lipinski definition) is 3. The van der Waals surface area contributed by atoms with Crippen LogP contribution in [0.3, 0.4) is 0 Å². The largest absolute Gasteiger partial charge is 0.397 e. The Morgan fingerprint density at radius 1 is 1.64 bits per heavy atom. The minimum atomic E-state index is -0.528. The number of aliphatic hydroxyl groups is 1. The van der Waals surface area contributed by atoms with E-state index in [1.807, 2.05) is 0 Å². The van der Waals surface area contributed by atoms with E-state index in [2.05, 4.69) is 10.3 Å². The van der Waals surface area contributed by atoms with E-state index in [0.29, 0.717) is 24.7 Å². The van der Waals surface area contributed by atoms with Crippen molar-refractivity contribution in [2.45, 2.75) is 6.10 Å². The van der Waals surface area contributed by atoms with Crippen LogP contribution >= 0.6 is 0 Å². The van der Waals surface area contributed by atoms with Crippen LogP contribution in [0.4, 0.5) is 11.5 Å². The molecule has 5 heteroatoms. The molecular weight excluding hydrogens is 182 g/mol. The van der Waals surface area contributed by atoms with E-state index in [1.165, 1.54) is 0 Å². The third-order valence-corrected chi connectivity index (χ3v) is 1.66. The number of nitrogens with zero attached hydrogens (tertiary/aromatic N) is 1. The number of nitrogen functional groups attached to an aromatic ring is 1. The van der Waals surface area contributed by atoms with Gasteiger partial charge >= 0.3 is 0 Å². The van der Waals surface area contributed by atoms with Gasteiger partial charge in [0.15, 0.2) is 0 Å². The molecule has 0 fully saturated rings. The molecule has 0 spiro atoms. The monoisotopic (exact) mass is 197 g/mol. The molecule has 78 valence electrons. The maximum absolute atomic E-state index is 9.33. The molecule has 1 heterocycles. The van der Waals surface area contributed by atoms with E-state index < -0.39 is 6.10 Å². The highest BCUT2D eigenvalue weighted by Crippen LogP contribution is 2.05. The highest BCUT2D eigenvalue weighted by atomic mass is 16.5. The molecule has 0 aliphatic carbocycles. The first-order valence-corrected chi connectivity index (χ1v) is 4.35. The number of nitrogens with one attached hydrogen (secondary N) is 1. The van der Waals surface area contributed by atoms with Crippen molar-refractivity contribution >= 4 is 11.5 Å². The summed E-state index contributed by atoms with van der Waals surface area (Å²) in [6, 6.07) is 3.51. The number of rotatable bonds is 5. The van der Waals surface area contributed by atoms with Crippen LogP contribution in [0.25, 0.3) is 0 Å². The zero-order valence-electron chi connectivity index (χ0n) is 8.10. The molecular formula is C9H15N3O2. The number of methoxy groups -OCH3 is 1. The second-order valence-corrected chi connectivity index (χ2v) is 2.97. The lowest BCUT2D eigenvalue weighted by Gasteiger charge is -2.10. The fourth-order valence-corrected chi connectivity index (χ4v) is 0.984. The zero-order valence-corrected chi connectivity index (χ0v) is 8.10. The van der Waals surface area contributed by atoms with Crippen LogP contribution < -0.4 is 11.1 Å². The molecule has 0 aliphatic rings. The van der Waals surface area contributed by atoms with Gasteiger partial charge in [-0.3, -0.25) is 0 Å². The van der Waals surface area contributed by atoms with E-state index in [0.717, 1.165) is 0 Å². The lowest BCUT2D eigenvalue weighted by Crippen LogP contribution is -2.24. The van der Waals surface area contributed by atoms with Crippen LogP contribution in [-0.4, -0.2) is 36.5 Å². The molecule has 1 atom stereocenters. The molecule has 0 amide bonds. The molecule has 4 N–H and O–H groups in total. The van der Waals surface area contributed by atoms with E-state index in [9.17, 15) is 5.11 Å². The Labute approximate surface area is 82.9 Å². The molecule has 0 aliphatic heterocycles. The van der Waals surface area contributed by atoms with E-state index in [-0.39, 0.29) is 0 Å². The quantitative estimate of drug-likeness (QED) is 0.623. The van der Waals surface area contributed by atoms with Crippen LogP contribution in [0.2, 0.25) is 0 Å². The van der Waals surface area contributed by atoms with Gasteiger partial charge in [0, 0.05) is 13.7 Å². The van der Waals surface area contributed by atoms with Crippen molar-refractivity contribution in [3.05, 3.63) is 18.3 Å². The first-order valence-electron chi connectivity index (χ1n) is 4.35. The van der Waals surface area contributed by atoms with Crippen LogP contribution in [0.1, 0.15) is 0 Å². The minimum Gasteiger partial charge on any atom is -0.397 e. The number of aromatic nitrogens is 1. The summed E-state index contributed by atoms with van der Waals surface area (Å²) in [7, 11) is 1.55. The summed E-state index contributed by atoms with van der Waals surface area (Å²) < 4.78 is 4.78. The smallest absolute Gasteiger partial charge is 0.126 e. The second-order valence-electron chi connectivity index (χ2n) is 2.97. The Hall–Kier alpha value is -1.33. The summed E-state index contributed by atoms with van der Waals surface area (Å²) in [5.41, 5.74) is 6.09. The maximum Gasteiger partial charge on any atom is 0.126 e. The fourth-order valence-electron chi connectivity index (χ4n) is 0.984. The predicted molar refractivity (Wildman–Crippen MR) is 55.0 cm³/mol. The van der Waals surface area contributed by atoms with Gasteiger partial charge in [0.05, 0.1) is 24.6 Å². The van der Waals surface area contributed by atoms with Crippen molar-refractivity contribution in [1.82, 2.24) is 4.98 Å². The Morgan fingerprint density at radius 3 is 3.00 bits per heavy atom. The number of anilines is 2. The number of nitrogens with two attached hydrogens (primary N) is 1. The van der Waals surface area contributed by atoms with Crippen molar-refractivity contribution < 1.29 is 9.84 Å². The number of pyridine rings is 1. The summed E-state index contributed by atoms with van der Waals surface area (Å²) in [6.07, 6.45) is 1.03.